The average Bonchev–Trinajstić information content (AvgIpc) is 2.88. The second kappa shape index (κ2) is 6.77. The van der Waals surface area contributed by atoms with E-state index in [-0.39, 0.29) is 22.0 Å². The van der Waals surface area contributed by atoms with Crippen molar-refractivity contribution >= 4 is 14.1 Å². The van der Waals surface area contributed by atoms with Crippen LogP contribution in [0.5, 0.6) is 0 Å². The molecule has 7 atom stereocenters. The van der Waals surface area contributed by atoms with Crippen molar-refractivity contribution in [3.8, 4) is 0 Å². The first-order valence-corrected chi connectivity index (χ1v) is 14.8. The van der Waals surface area contributed by atoms with E-state index < -0.39 is 8.32 Å². The fourth-order valence-corrected chi connectivity index (χ4v) is 8.61. The minimum atomic E-state index is -1.77. The standard InChI is InChI=1S/C25H42O3Si/c1-23(2,3)29(6,7)28-17-12-13-24(4)16(14-17)8-9-18-19-10-11-21(27)25(19,5)15-20(26)22(18)24/h8,17-20,22,26H,9-15H2,1-7H3/t17-,18-,19-,20-,22+,24-,25-/m0/s1. The number of hydrogen-bond acceptors (Lipinski definition) is 3. The van der Waals surface area contributed by atoms with Crippen LogP contribution in [-0.4, -0.2) is 31.4 Å². The van der Waals surface area contributed by atoms with Gasteiger partial charge in [0.1, 0.15) is 5.78 Å². The lowest BCUT2D eigenvalue weighted by Gasteiger charge is -2.59. The van der Waals surface area contributed by atoms with Crippen molar-refractivity contribution in [2.75, 3.05) is 0 Å². The second-order valence-corrected chi connectivity index (χ2v) is 17.3. The Morgan fingerprint density at radius 3 is 2.52 bits per heavy atom. The first-order valence-electron chi connectivity index (χ1n) is 11.9. The maximum Gasteiger partial charge on any atom is 0.192 e. The van der Waals surface area contributed by atoms with Crippen LogP contribution in [0.25, 0.3) is 0 Å². The maximum absolute atomic E-state index is 12.6. The molecular formula is C25H42O3Si. The monoisotopic (exact) mass is 418 g/mol. The molecular weight excluding hydrogens is 376 g/mol. The molecule has 29 heavy (non-hydrogen) atoms. The Morgan fingerprint density at radius 1 is 1.17 bits per heavy atom. The summed E-state index contributed by atoms with van der Waals surface area (Å²) in [6, 6.07) is 0. The van der Waals surface area contributed by atoms with Gasteiger partial charge in [-0.15, -0.1) is 0 Å². The zero-order chi connectivity index (χ0) is 21.4. The van der Waals surface area contributed by atoms with Crippen LogP contribution in [0.3, 0.4) is 0 Å². The summed E-state index contributed by atoms with van der Waals surface area (Å²) in [5, 5.41) is 11.5. The number of allylic oxidation sites excluding steroid dienone is 1. The second-order valence-electron chi connectivity index (χ2n) is 12.6. The van der Waals surface area contributed by atoms with E-state index >= 15 is 0 Å². The van der Waals surface area contributed by atoms with E-state index in [0.29, 0.717) is 42.5 Å². The number of fused-ring (bicyclic) bond motifs is 5. The number of carbonyl (C=O) groups is 1. The molecule has 3 saturated carbocycles. The lowest BCUT2D eigenvalue weighted by molar-refractivity contribution is -0.145. The van der Waals surface area contributed by atoms with E-state index in [1.807, 2.05) is 0 Å². The van der Waals surface area contributed by atoms with Gasteiger partial charge < -0.3 is 9.53 Å². The Balaban J connectivity index is 1.57. The molecule has 0 unspecified atom stereocenters. The highest BCUT2D eigenvalue weighted by Gasteiger charge is 2.61. The predicted molar refractivity (Wildman–Crippen MR) is 120 cm³/mol. The highest BCUT2D eigenvalue weighted by molar-refractivity contribution is 6.74. The summed E-state index contributed by atoms with van der Waals surface area (Å²) in [6.07, 6.45) is 9.14. The van der Waals surface area contributed by atoms with E-state index in [1.54, 1.807) is 0 Å². The molecule has 4 heteroatoms. The molecule has 0 spiro atoms. The number of aliphatic hydroxyl groups excluding tert-OH is 1. The molecule has 164 valence electrons. The van der Waals surface area contributed by atoms with Gasteiger partial charge in [0.15, 0.2) is 8.32 Å². The molecule has 4 aliphatic carbocycles. The minimum absolute atomic E-state index is 0.0720. The number of ketones is 1. The van der Waals surface area contributed by atoms with Gasteiger partial charge in [0.25, 0.3) is 0 Å². The molecule has 0 saturated heterocycles. The molecule has 1 N–H and O–H groups in total. The number of hydrogen-bond donors (Lipinski definition) is 1. The van der Waals surface area contributed by atoms with Crippen molar-refractivity contribution in [1.82, 2.24) is 0 Å². The van der Waals surface area contributed by atoms with Crippen LogP contribution < -0.4 is 0 Å². The van der Waals surface area contributed by atoms with Gasteiger partial charge in [-0.2, -0.15) is 0 Å². The Kier molecular flexibility index (Phi) is 5.08. The van der Waals surface area contributed by atoms with E-state index in [2.05, 4.69) is 53.8 Å². The highest BCUT2D eigenvalue weighted by Crippen LogP contribution is 2.64. The lowest BCUT2D eigenvalue weighted by Crippen LogP contribution is -2.57. The molecule has 0 radical (unpaired) electrons. The maximum atomic E-state index is 12.6. The van der Waals surface area contributed by atoms with Crippen LogP contribution in [0.1, 0.15) is 79.6 Å². The molecule has 0 aromatic carbocycles. The third-order valence-corrected chi connectivity index (χ3v) is 14.5. The van der Waals surface area contributed by atoms with Crippen molar-refractivity contribution in [3.63, 3.8) is 0 Å². The number of rotatable bonds is 2. The Hall–Kier alpha value is -0.453. The van der Waals surface area contributed by atoms with Gasteiger partial charge >= 0.3 is 0 Å². The van der Waals surface area contributed by atoms with Gasteiger partial charge in [0.05, 0.1) is 6.10 Å². The van der Waals surface area contributed by atoms with Crippen LogP contribution in [0, 0.1) is 28.6 Å². The molecule has 3 nitrogen and oxygen atoms in total. The number of carbonyl (C=O) groups excluding carboxylic acids is 1. The summed E-state index contributed by atoms with van der Waals surface area (Å²) in [7, 11) is -1.77. The fraction of sp³-hybridized carbons (Fsp3) is 0.880. The lowest BCUT2D eigenvalue weighted by atomic mass is 9.47. The summed E-state index contributed by atoms with van der Waals surface area (Å²) < 4.78 is 6.79. The van der Waals surface area contributed by atoms with Crippen LogP contribution in [-0.2, 0) is 9.22 Å². The average molecular weight is 419 g/mol. The van der Waals surface area contributed by atoms with E-state index in [9.17, 15) is 9.90 Å². The number of Topliss-reactive ketones (excluding diaryl/α,β-unsaturated/α-hetero) is 1. The van der Waals surface area contributed by atoms with Crippen LogP contribution >= 0.6 is 0 Å². The predicted octanol–water partition coefficient (Wildman–Crippen LogP) is 5.88. The van der Waals surface area contributed by atoms with E-state index in [0.717, 1.165) is 32.1 Å². The zero-order valence-corrected chi connectivity index (χ0v) is 20.7. The summed E-state index contributed by atoms with van der Waals surface area (Å²) in [5.41, 5.74) is 1.31. The Labute approximate surface area is 178 Å². The smallest absolute Gasteiger partial charge is 0.192 e. The Morgan fingerprint density at radius 2 is 1.86 bits per heavy atom. The van der Waals surface area contributed by atoms with E-state index in [1.165, 1.54) is 5.57 Å². The van der Waals surface area contributed by atoms with E-state index in [4.69, 9.17) is 4.43 Å². The molecule has 0 aliphatic heterocycles. The molecule has 0 aromatic rings. The van der Waals surface area contributed by atoms with Crippen LogP contribution in [0.2, 0.25) is 18.1 Å². The van der Waals surface area contributed by atoms with Gasteiger partial charge in [-0.05, 0) is 79.8 Å². The van der Waals surface area contributed by atoms with Crippen molar-refractivity contribution in [2.45, 2.75) is 110 Å². The van der Waals surface area contributed by atoms with Crippen molar-refractivity contribution < 1.29 is 14.3 Å². The Bertz CT molecular complexity index is 720. The molecule has 3 fully saturated rings. The molecule has 0 aromatic heterocycles. The first kappa shape index (κ1) is 21.8. The molecule has 0 bridgehead atoms. The number of aliphatic hydroxyl groups is 1. The van der Waals surface area contributed by atoms with Crippen molar-refractivity contribution in [3.05, 3.63) is 11.6 Å². The van der Waals surface area contributed by atoms with Crippen molar-refractivity contribution in [2.24, 2.45) is 28.6 Å². The van der Waals surface area contributed by atoms with Crippen LogP contribution in [0.15, 0.2) is 11.6 Å². The quantitative estimate of drug-likeness (QED) is 0.450. The molecule has 0 heterocycles. The van der Waals surface area contributed by atoms with Gasteiger partial charge in [-0.1, -0.05) is 46.3 Å². The normalized spacial score (nSPS) is 45.3. The zero-order valence-electron chi connectivity index (χ0n) is 19.7. The fourth-order valence-electron chi connectivity index (χ4n) is 7.23. The largest absolute Gasteiger partial charge is 0.414 e. The summed E-state index contributed by atoms with van der Waals surface area (Å²) in [6.45, 7) is 16.2. The summed E-state index contributed by atoms with van der Waals surface area (Å²) >= 11 is 0. The first-order chi connectivity index (χ1) is 13.3. The van der Waals surface area contributed by atoms with Crippen molar-refractivity contribution in [1.29, 1.82) is 0 Å². The third kappa shape index (κ3) is 3.24. The SMILES string of the molecule is CC(C)(C)[Si](C)(C)O[C@H]1CC[C@@]2(C)C(=CC[C@@H]3[C@@H]2[C@@H](O)C[C@]2(C)C(=O)CC[C@@H]32)C1. The molecule has 4 rings (SSSR count). The molecule has 4 aliphatic rings. The topological polar surface area (TPSA) is 46.5 Å². The van der Waals surface area contributed by atoms with Gasteiger partial charge in [-0.25, -0.2) is 0 Å². The van der Waals surface area contributed by atoms with Gasteiger partial charge in [-0.3, -0.25) is 4.79 Å². The van der Waals surface area contributed by atoms with Gasteiger partial charge in [0.2, 0.25) is 0 Å². The van der Waals surface area contributed by atoms with Gasteiger partial charge in [0, 0.05) is 17.9 Å². The van der Waals surface area contributed by atoms with Crippen LogP contribution in [0.4, 0.5) is 0 Å². The third-order valence-electron chi connectivity index (χ3n) is 9.97. The molecule has 0 amide bonds. The minimum Gasteiger partial charge on any atom is -0.414 e. The summed E-state index contributed by atoms with van der Waals surface area (Å²) in [4.78, 5) is 12.6. The summed E-state index contributed by atoms with van der Waals surface area (Å²) in [5.74, 6) is 1.62. The highest BCUT2D eigenvalue weighted by atomic mass is 28.4.